The third-order valence-corrected chi connectivity index (χ3v) is 3.99. The second-order valence-corrected chi connectivity index (χ2v) is 5.46. The van der Waals surface area contributed by atoms with Crippen LogP contribution < -0.4 is 0 Å². The third kappa shape index (κ3) is 2.23. The molecular formula is C14H13NOS. The van der Waals surface area contributed by atoms with Crippen LogP contribution in [-0.4, -0.2) is 5.11 Å². The van der Waals surface area contributed by atoms with Crippen molar-refractivity contribution < 1.29 is 5.11 Å². The summed E-state index contributed by atoms with van der Waals surface area (Å²) in [6.07, 6.45) is 0. The van der Waals surface area contributed by atoms with Gasteiger partial charge in [-0.25, -0.2) is 0 Å². The number of nitriles is 1. The number of thiophene rings is 1. The third-order valence-electron chi connectivity index (χ3n) is 2.77. The lowest BCUT2D eigenvalue weighted by Crippen LogP contribution is -2.21. The summed E-state index contributed by atoms with van der Waals surface area (Å²) in [5, 5.41) is 19.5. The van der Waals surface area contributed by atoms with Crippen molar-refractivity contribution in [1.29, 1.82) is 5.26 Å². The van der Waals surface area contributed by atoms with E-state index in [1.165, 1.54) is 0 Å². The van der Waals surface area contributed by atoms with Gasteiger partial charge in [-0.2, -0.15) is 5.26 Å². The van der Waals surface area contributed by atoms with E-state index in [0.717, 1.165) is 15.3 Å². The molecule has 0 radical (unpaired) electrons. The van der Waals surface area contributed by atoms with Gasteiger partial charge >= 0.3 is 0 Å². The van der Waals surface area contributed by atoms with Crippen molar-refractivity contribution in [2.75, 3.05) is 0 Å². The minimum atomic E-state index is -1.04. The van der Waals surface area contributed by atoms with Crippen molar-refractivity contribution in [3.63, 3.8) is 0 Å². The zero-order chi connectivity index (χ0) is 12.5. The fourth-order valence-electron chi connectivity index (χ4n) is 1.73. The summed E-state index contributed by atoms with van der Waals surface area (Å²) in [5.74, 6) is 0. The molecule has 0 aliphatic heterocycles. The molecule has 1 aromatic heterocycles. The predicted octanol–water partition coefficient (Wildman–Crippen LogP) is 3.18. The Bertz CT molecular complexity index is 578. The van der Waals surface area contributed by atoms with E-state index in [9.17, 15) is 5.11 Å². The van der Waals surface area contributed by atoms with Crippen molar-refractivity contribution in [2.24, 2.45) is 0 Å². The molecule has 0 saturated heterocycles. The molecule has 2 aromatic rings. The van der Waals surface area contributed by atoms with Gasteiger partial charge in [-0.05, 0) is 43.7 Å². The summed E-state index contributed by atoms with van der Waals surface area (Å²) in [4.78, 5) is 2.06. The molecule has 0 bridgehead atoms. The minimum absolute atomic E-state index is 0.566. The monoisotopic (exact) mass is 243 g/mol. The summed E-state index contributed by atoms with van der Waals surface area (Å²) in [6.45, 7) is 3.77. The number of benzene rings is 1. The zero-order valence-corrected chi connectivity index (χ0v) is 10.6. The van der Waals surface area contributed by atoms with Crippen molar-refractivity contribution in [3.8, 4) is 6.07 Å². The van der Waals surface area contributed by atoms with Gasteiger partial charge in [0.1, 0.15) is 5.60 Å². The van der Waals surface area contributed by atoms with Crippen LogP contribution in [0, 0.1) is 18.3 Å². The number of aryl methyl sites for hydroxylation is 1. The van der Waals surface area contributed by atoms with Crippen LogP contribution in [0.4, 0.5) is 0 Å². The van der Waals surface area contributed by atoms with Crippen LogP contribution in [0.1, 0.15) is 27.8 Å². The van der Waals surface area contributed by atoms with Crippen LogP contribution in [-0.2, 0) is 5.60 Å². The van der Waals surface area contributed by atoms with Gasteiger partial charge in [0, 0.05) is 9.75 Å². The van der Waals surface area contributed by atoms with Crippen LogP contribution in [0.5, 0.6) is 0 Å². The Balaban J connectivity index is 2.47. The number of rotatable bonds is 2. The van der Waals surface area contributed by atoms with Crippen molar-refractivity contribution in [1.82, 2.24) is 0 Å². The fourth-order valence-corrected chi connectivity index (χ4v) is 2.67. The van der Waals surface area contributed by atoms with E-state index < -0.39 is 5.60 Å². The van der Waals surface area contributed by atoms with Gasteiger partial charge in [-0.3, -0.25) is 0 Å². The molecule has 2 nitrogen and oxygen atoms in total. The van der Waals surface area contributed by atoms with E-state index in [4.69, 9.17) is 5.26 Å². The molecule has 0 aliphatic carbocycles. The molecule has 0 aliphatic rings. The molecule has 0 saturated carbocycles. The molecule has 17 heavy (non-hydrogen) atoms. The first-order chi connectivity index (χ1) is 8.04. The second-order valence-electron chi connectivity index (χ2n) is 4.18. The highest BCUT2D eigenvalue weighted by molar-refractivity contribution is 7.12. The largest absolute Gasteiger partial charge is 0.380 e. The van der Waals surface area contributed by atoms with Gasteiger partial charge in [0.25, 0.3) is 0 Å². The quantitative estimate of drug-likeness (QED) is 0.880. The fraction of sp³-hybridized carbons (Fsp3) is 0.214. The van der Waals surface area contributed by atoms with E-state index in [1.807, 2.05) is 25.1 Å². The molecule has 1 heterocycles. The highest BCUT2D eigenvalue weighted by Gasteiger charge is 2.27. The van der Waals surface area contributed by atoms with Crippen LogP contribution >= 0.6 is 11.3 Å². The lowest BCUT2D eigenvalue weighted by atomic mass is 9.93. The summed E-state index contributed by atoms with van der Waals surface area (Å²) in [5.41, 5.74) is 0.278. The molecule has 1 atom stereocenters. The van der Waals surface area contributed by atoms with Crippen LogP contribution in [0.2, 0.25) is 0 Å². The number of aliphatic hydroxyl groups is 1. The second kappa shape index (κ2) is 4.33. The molecule has 0 spiro atoms. The lowest BCUT2D eigenvalue weighted by molar-refractivity contribution is 0.106. The Morgan fingerprint density at radius 3 is 2.65 bits per heavy atom. The smallest absolute Gasteiger partial charge is 0.121 e. The van der Waals surface area contributed by atoms with Crippen molar-refractivity contribution in [3.05, 3.63) is 57.3 Å². The summed E-state index contributed by atoms with van der Waals surface area (Å²) in [7, 11) is 0. The maximum Gasteiger partial charge on any atom is 0.121 e. The molecule has 1 unspecified atom stereocenters. The van der Waals surface area contributed by atoms with Gasteiger partial charge in [0.05, 0.1) is 11.6 Å². The van der Waals surface area contributed by atoms with E-state index in [-0.39, 0.29) is 0 Å². The molecule has 86 valence electrons. The average Bonchev–Trinajstić information content (AvgIpc) is 2.76. The molecular weight excluding hydrogens is 230 g/mol. The summed E-state index contributed by atoms with van der Waals surface area (Å²) in [6, 6.07) is 13.1. The number of hydrogen-bond acceptors (Lipinski definition) is 3. The van der Waals surface area contributed by atoms with Gasteiger partial charge in [-0.15, -0.1) is 11.3 Å². The van der Waals surface area contributed by atoms with E-state index in [1.54, 1.807) is 36.5 Å². The maximum atomic E-state index is 10.6. The van der Waals surface area contributed by atoms with Crippen molar-refractivity contribution >= 4 is 11.3 Å². The Morgan fingerprint density at radius 1 is 1.29 bits per heavy atom. The van der Waals surface area contributed by atoms with Crippen LogP contribution in [0.25, 0.3) is 0 Å². The minimum Gasteiger partial charge on any atom is -0.380 e. The number of nitrogens with zero attached hydrogens (tertiary/aromatic N) is 1. The summed E-state index contributed by atoms with van der Waals surface area (Å²) < 4.78 is 0. The predicted molar refractivity (Wildman–Crippen MR) is 68.9 cm³/mol. The van der Waals surface area contributed by atoms with E-state index >= 15 is 0 Å². The number of hydrogen-bond donors (Lipinski definition) is 1. The first-order valence-electron chi connectivity index (χ1n) is 5.34. The molecule has 3 heteroatoms. The molecule has 0 fully saturated rings. The molecule has 1 aromatic carbocycles. The Morgan fingerprint density at radius 2 is 2.06 bits per heavy atom. The van der Waals surface area contributed by atoms with Gasteiger partial charge in [-0.1, -0.05) is 12.1 Å². The van der Waals surface area contributed by atoms with Crippen LogP contribution in [0.15, 0.2) is 36.4 Å². The molecule has 1 N–H and O–H groups in total. The standard InChI is InChI=1S/C14H13NOS/c1-10-6-7-13(17-10)14(2,16)12-5-3-4-11(8-12)9-15/h3-8,16H,1-2H3. The molecule has 0 amide bonds. The Labute approximate surface area is 105 Å². The first kappa shape index (κ1) is 11.8. The van der Waals surface area contributed by atoms with Crippen molar-refractivity contribution in [2.45, 2.75) is 19.4 Å². The molecule has 2 rings (SSSR count). The van der Waals surface area contributed by atoms with Crippen LogP contribution in [0.3, 0.4) is 0 Å². The zero-order valence-electron chi connectivity index (χ0n) is 9.77. The summed E-state index contributed by atoms with van der Waals surface area (Å²) >= 11 is 1.57. The maximum absolute atomic E-state index is 10.6. The average molecular weight is 243 g/mol. The van der Waals surface area contributed by atoms with E-state index in [0.29, 0.717) is 5.56 Å². The highest BCUT2D eigenvalue weighted by atomic mass is 32.1. The topological polar surface area (TPSA) is 44.0 Å². The SMILES string of the molecule is Cc1ccc(C(C)(O)c2cccc(C#N)c2)s1. The van der Waals surface area contributed by atoms with Gasteiger partial charge in [0.15, 0.2) is 0 Å². The Kier molecular flexibility index (Phi) is 3.01. The lowest BCUT2D eigenvalue weighted by Gasteiger charge is -2.22. The van der Waals surface area contributed by atoms with Gasteiger partial charge < -0.3 is 5.11 Å². The highest BCUT2D eigenvalue weighted by Crippen LogP contribution is 2.34. The normalized spacial score (nSPS) is 14.0. The Hall–Kier alpha value is -1.63. The first-order valence-corrected chi connectivity index (χ1v) is 6.15. The van der Waals surface area contributed by atoms with E-state index in [2.05, 4.69) is 6.07 Å². The van der Waals surface area contributed by atoms with Gasteiger partial charge in [0.2, 0.25) is 0 Å².